The van der Waals surface area contributed by atoms with Crippen molar-refractivity contribution in [2.45, 2.75) is 119 Å². The molecule has 4 N–H and O–H groups in total. The summed E-state index contributed by atoms with van der Waals surface area (Å²) < 4.78 is 77.8. The van der Waals surface area contributed by atoms with Crippen LogP contribution in [0.2, 0.25) is 0 Å². The van der Waals surface area contributed by atoms with Crippen molar-refractivity contribution in [2.75, 3.05) is 90.4 Å². The fourth-order valence-electron chi connectivity index (χ4n) is 18.5. The summed E-state index contributed by atoms with van der Waals surface area (Å²) >= 11 is 0. The monoisotopic (exact) mass is 1680 g/mol. The van der Waals surface area contributed by atoms with Crippen molar-refractivity contribution in [3.8, 4) is 22.5 Å². The highest BCUT2D eigenvalue weighted by Crippen LogP contribution is 2.49. The molecular formula is C106H115N8O7S2+. The Balaban J connectivity index is 0.000000151. The molecule has 6 aliphatic rings. The van der Waals surface area contributed by atoms with E-state index in [1.807, 2.05) is 50.2 Å². The third kappa shape index (κ3) is 19.4. The summed E-state index contributed by atoms with van der Waals surface area (Å²) in [4.78, 5) is 19.8. The summed E-state index contributed by atoms with van der Waals surface area (Å²) in [6.45, 7) is 35.7. The molecule has 1 heterocycles. The van der Waals surface area contributed by atoms with Crippen LogP contribution in [0.3, 0.4) is 0 Å². The van der Waals surface area contributed by atoms with Crippen molar-refractivity contribution >= 4 is 105 Å². The molecule has 0 saturated heterocycles. The SMILES string of the molecule is CCN(CC)c1ccc(C(=C2C=CC(=[NH+]CC3CC4CCC3C4)c3ccccc32)c2ccc(N(CC)CC)cc2)cc1.CC[NH+]=C1C=CC(=C(c2ccc(N(CC)CC)cc2)c2ccc(N(CC)CC)cc2)c2ccccc21.Cc1cc(S(=O)(=O)[O-])ccc1Nc1ccc2c(-c3ccccc3S(=O)(=O)[O-])c3ccc(=[NH+]c4c(C)cccc4C)cc-3oc2c1. The van der Waals surface area contributed by atoms with E-state index in [0.29, 0.717) is 44.8 Å². The number of allylic oxidation sites excluding steroid dienone is 6. The number of rotatable bonds is 25. The highest BCUT2D eigenvalue weighted by molar-refractivity contribution is 7.86. The van der Waals surface area contributed by atoms with E-state index in [9.17, 15) is 25.9 Å². The molecule has 0 radical (unpaired) electrons. The zero-order valence-corrected chi connectivity index (χ0v) is 74.6. The van der Waals surface area contributed by atoms with Crippen LogP contribution in [0.25, 0.3) is 55.7 Å². The minimum Gasteiger partial charge on any atom is -0.744 e. The summed E-state index contributed by atoms with van der Waals surface area (Å²) in [5.41, 5.74) is 29.4. The fraction of sp³-hybridized carbons (Fsp3) is 0.274. The third-order valence-electron chi connectivity index (χ3n) is 25.0. The third-order valence-corrected chi connectivity index (χ3v) is 26.7. The van der Waals surface area contributed by atoms with E-state index in [4.69, 9.17) is 4.42 Å². The number of nitrogens with one attached hydrogen (secondary N) is 4. The molecule has 2 bridgehead atoms. The zero-order valence-electron chi connectivity index (χ0n) is 73.0. The molecule has 1 aliphatic heterocycles. The van der Waals surface area contributed by atoms with Gasteiger partial charge in [-0.3, -0.25) is 0 Å². The smallest absolute Gasteiger partial charge is 0.209 e. The molecule has 3 atom stereocenters. The number of nitrogens with zero attached hydrogens (tertiary/aromatic N) is 4. The second-order valence-corrected chi connectivity index (χ2v) is 34.9. The summed E-state index contributed by atoms with van der Waals surface area (Å²) in [6.07, 6.45) is 15.0. The van der Waals surface area contributed by atoms with Gasteiger partial charge in [0.2, 0.25) is 22.5 Å². The Morgan fingerprint density at radius 2 is 0.894 bits per heavy atom. The molecule has 2 fully saturated rings. The van der Waals surface area contributed by atoms with Gasteiger partial charge in [-0.15, -0.1) is 0 Å². The van der Waals surface area contributed by atoms with Crippen molar-refractivity contribution in [3.05, 3.63) is 334 Å². The van der Waals surface area contributed by atoms with Crippen LogP contribution < -0.4 is 45.3 Å². The van der Waals surface area contributed by atoms with Crippen molar-refractivity contribution in [1.29, 1.82) is 0 Å². The average Bonchev–Trinajstić information content (AvgIpc) is 1.40. The van der Waals surface area contributed by atoms with E-state index in [1.54, 1.807) is 37.3 Å². The van der Waals surface area contributed by atoms with Crippen molar-refractivity contribution < 1.29 is 45.3 Å². The Morgan fingerprint density at radius 3 is 1.33 bits per heavy atom. The van der Waals surface area contributed by atoms with Crippen LogP contribution in [0.5, 0.6) is 0 Å². The van der Waals surface area contributed by atoms with Gasteiger partial charge in [0.1, 0.15) is 44.7 Å². The lowest BCUT2D eigenvalue weighted by molar-refractivity contribution is -0.466. The number of hydrogen-bond donors (Lipinski definition) is 4. The minimum absolute atomic E-state index is 0.250. The predicted molar refractivity (Wildman–Crippen MR) is 506 cm³/mol. The number of hydrogen-bond acceptors (Lipinski definition) is 12. The molecule has 17 heteroatoms. The lowest BCUT2D eigenvalue weighted by Crippen LogP contribution is -2.75. The molecule has 632 valence electrons. The first-order valence-electron chi connectivity index (χ1n) is 43.8. The lowest BCUT2D eigenvalue weighted by atomic mass is 9.83. The summed E-state index contributed by atoms with van der Waals surface area (Å²) in [5, 5.41) is 4.55. The molecule has 0 amide bonds. The summed E-state index contributed by atoms with van der Waals surface area (Å²) in [5.74, 6) is 3.20. The van der Waals surface area contributed by atoms with Crippen molar-refractivity contribution in [1.82, 2.24) is 0 Å². The first-order chi connectivity index (χ1) is 59.6. The number of benzene rings is 11. The van der Waals surface area contributed by atoms with Crippen LogP contribution >= 0.6 is 0 Å². The summed E-state index contributed by atoms with van der Waals surface area (Å²) in [6, 6.07) is 81.3. The molecule has 16 rings (SSSR count). The first kappa shape index (κ1) is 87.4. The highest BCUT2D eigenvalue weighted by atomic mass is 32.2. The van der Waals surface area contributed by atoms with Crippen LogP contribution in [0, 0.1) is 38.5 Å². The Bertz CT molecular complexity index is 6150. The lowest BCUT2D eigenvalue weighted by Gasteiger charge is -2.24. The van der Waals surface area contributed by atoms with Gasteiger partial charge in [-0.05, 0) is 291 Å². The minimum atomic E-state index is -4.82. The standard InChI is InChI=1S/C39H47N3.C34H28N2O7S2.C33H39N3/c1-5-41(6-2)33-19-15-29(16-20-33)39(30-17-21-34(22-18-30)42(7-3)8-4)37-23-24-38(36-12-10-9-11-35(36)37)40-27-32-26-28-13-14-31(32)25-28;1-20-7-6-8-21(2)34(20)36-24-12-15-27-31(19-24)43-30-18-23(35-29-16-13-25(17-22(29)3)44(37,38)39)11-14-26(30)33(27)28-9-4-5-10-32(28)45(40,41)42;1-6-34-32-24-23-31(29-13-11-12-14-30(29)32)33(25-15-19-27(20-16-25)35(7-2)8-3)26-17-21-28(22-18-26)36(9-4)10-5/h9-12,15-24,28,31-32H,5-8,13-14,25-27H2,1-4H3;4-19,35H,1-3H3,(H,37,38,39)(H,40,41,42);11-24H,6-10H2,1-5H3/p+1. The van der Waals surface area contributed by atoms with Gasteiger partial charge in [-0.25, -0.2) is 31.8 Å². The van der Waals surface area contributed by atoms with E-state index in [0.717, 1.165) is 105 Å². The number of anilines is 6. The summed E-state index contributed by atoms with van der Waals surface area (Å²) in [7, 11) is -9.42. The van der Waals surface area contributed by atoms with E-state index in [1.165, 1.54) is 157 Å². The van der Waals surface area contributed by atoms with Gasteiger partial charge in [0.25, 0.3) is 0 Å². The number of aryl methyl sites for hydroxylation is 3. The number of para-hydroxylation sites is 1. The fourth-order valence-corrected chi connectivity index (χ4v) is 19.8. The van der Waals surface area contributed by atoms with Gasteiger partial charge in [-0.2, -0.15) is 0 Å². The molecule has 3 unspecified atom stereocenters. The molecular weight excluding hydrogens is 1560 g/mol. The second kappa shape index (κ2) is 39.0. The van der Waals surface area contributed by atoms with Crippen LogP contribution in [0.15, 0.2) is 281 Å². The van der Waals surface area contributed by atoms with Gasteiger partial charge in [-0.1, -0.05) is 128 Å². The van der Waals surface area contributed by atoms with E-state index in [-0.39, 0.29) is 15.4 Å². The molecule has 15 nitrogen and oxygen atoms in total. The van der Waals surface area contributed by atoms with Gasteiger partial charge < -0.3 is 38.4 Å². The Hall–Kier alpha value is -12.0. The van der Waals surface area contributed by atoms with Crippen LogP contribution in [0.4, 0.5) is 39.8 Å². The van der Waals surface area contributed by atoms with Crippen molar-refractivity contribution in [3.63, 3.8) is 0 Å². The maximum atomic E-state index is 12.3. The molecule has 123 heavy (non-hydrogen) atoms. The van der Waals surface area contributed by atoms with Gasteiger partial charge in [0, 0.05) is 150 Å². The normalized spacial score (nSPS) is 16.0. The van der Waals surface area contributed by atoms with Gasteiger partial charge in [0.05, 0.1) is 27.0 Å². The quantitative estimate of drug-likeness (QED) is 0.0313. The molecule has 0 spiro atoms. The highest BCUT2D eigenvalue weighted by Gasteiger charge is 2.41. The maximum Gasteiger partial charge on any atom is 0.209 e. The Morgan fingerprint density at radius 1 is 0.431 bits per heavy atom. The molecule has 5 aliphatic carbocycles. The second-order valence-electron chi connectivity index (χ2n) is 32.2. The van der Waals surface area contributed by atoms with Gasteiger partial charge >= 0.3 is 0 Å². The van der Waals surface area contributed by atoms with Crippen molar-refractivity contribution in [2.24, 2.45) is 17.8 Å². The zero-order chi connectivity index (χ0) is 86.6. The predicted octanol–water partition coefficient (Wildman–Crippen LogP) is 18.0. The van der Waals surface area contributed by atoms with Crippen LogP contribution in [-0.2, 0) is 20.2 Å². The maximum absolute atomic E-state index is 12.3. The van der Waals surface area contributed by atoms with Gasteiger partial charge in [0.15, 0.2) is 0 Å². The topological polar surface area (TPSA) is 194 Å². The van der Waals surface area contributed by atoms with E-state index < -0.39 is 20.2 Å². The first-order valence-corrected chi connectivity index (χ1v) is 46.6. The molecule has 10 aromatic carbocycles. The Labute approximate surface area is 727 Å². The molecule has 2 saturated carbocycles. The molecule has 0 aromatic heterocycles. The Kier molecular flexibility index (Phi) is 27.7. The average molecular weight is 1680 g/mol. The number of fused-ring (bicyclic) bond motifs is 6. The molecule has 10 aromatic rings. The van der Waals surface area contributed by atoms with E-state index in [2.05, 4.69) is 272 Å². The van der Waals surface area contributed by atoms with Crippen LogP contribution in [-0.4, -0.2) is 103 Å². The largest absolute Gasteiger partial charge is 0.744 e. The van der Waals surface area contributed by atoms with Crippen LogP contribution in [0.1, 0.15) is 149 Å². The van der Waals surface area contributed by atoms with E-state index >= 15 is 0 Å².